The van der Waals surface area contributed by atoms with E-state index in [1.54, 1.807) is 30.6 Å². The molecule has 4 rings (SSSR count). The molecule has 1 aliphatic rings. The smallest absolute Gasteiger partial charge is 0.244 e. The maximum Gasteiger partial charge on any atom is 0.244 e. The summed E-state index contributed by atoms with van der Waals surface area (Å²) in [7, 11) is -2.30. The number of hydrogen-bond acceptors (Lipinski definition) is 8. The van der Waals surface area contributed by atoms with E-state index in [1.807, 2.05) is 6.07 Å². The average Bonchev–Trinajstić information content (AvgIpc) is 3.45. The Morgan fingerprint density at radius 2 is 2.03 bits per heavy atom. The van der Waals surface area contributed by atoms with Crippen molar-refractivity contribution >= 4 is 32.4 Å². The van der Waals surface area contributed by atoms with E-state index in [1.165, 1.54) is 34.9 Å². The normalized spacial score (nSPS) is 17.0. The monoisotopic (exact) mass is 445 g/mol. The molecule has 3 heterocycles. The molecule has 1 atom stereocenters. The first-order valence-electron chi connectivity index (χ1n) is 9.20. The Hall–Kier alpha value is -2.89. The van der Waals surface area contributed by atoms with Crippen LogP contribution in [0.25, 0.3) is 10.6 Å². The summed E-state index contributed by atoms with van der Waals surface area (Å²) in [6, 6.07) is 8.95. The molecule has 1 N–H and O–H groups in total. The van der Waals surface area contributed by atoms with E-state index in [0.29, 0.717) is 28.7 Å². The van der Waals surface area contributed by atoms with Crippen LogP contribution in [0.4, 0.5) is 5.13 Å². The number of pyridine rings is 1. The molecule has 3 aromatic rings. The molecule has 156 valence electrons. The van der Waals surface area contributed by atoms with Gasteiger partial charge in [-0.25, -0.2) is 8.42 Å². The van der Waals surface area contributed by atoms with Crippen molar-refractivity contribution in [1.82, 2.24) is 19.5 Å². The molecule has 1 amide bonds. The van der Waals surface area contributed by atoms with Crippen LogP contribution in [0.2, 0.25) is 0 Å². The van der Waals surface area contributed by atoms with Gasteiger partial charge in [-0.3, -0.25) is 15.1 Å². The molecule has 11 heteroatoms. The van der Waals surface area contributed by atoms with E-state index < -0.39 is 22.0 Å². The lowest BCUT2D eigenvalue weighted by Crippen LogP contribution is -2.43. The number of ether oxygens (including phenoxy) is 1. The maximum atomic E-state index is 13.1. The Kier molecular flexibility index (Phi) is 5.75. The fourth-order valence-corrected chi connectivity index (χ4v) is 5.63. The lowest BCUT2D eigenvalue weighted by molar-refractivity contribution is -0.119. The van der Waals surface area contributed by atoms with Gasteiger partial charge in [-0.1, -0.05) is 11.3 Å². The molecule has 1 saturated heterocycles. The highest BCUT2D eigenvalue weighted by atomic mass is 32.2. The zero-order valence-corrected chi connectivity index (χ0v) is 17.7. The fourth-order valence-electron chi connectivity index (χ4n) is 3.24. The molecule has 0 bridgehead atoms. The van der Waals surface area contributed by atoms with Crippen LogP contribution >= 0.6 is 11.3 Å². The minimum Gasteiger partial charge on any atom is -0.497 e. The minimum atomic E-state index is -3.81. The molecule has 0 unspecified atom stereocenters. The Bertz CT molecular complexity index is 1130. The van der Waals surface area contributed by atoms with Gasteiger partial charge in [0.05, 0.1) is 12.0 Å². The third kappa shape index (κ3) is 4.04. The second-order valence-corrected chi connectivity index (χ2v) is 9.46. The van der Waals surface area contributed by atoms with Gasteiger partial charge in [0.25, 0.3) is 0 Å². The Labute approximate surface area is 177 Å². The van der Waals surface area contributed by atoms with Crippen LogP contribution in [-0.4, -0.2) is 53.5 Å². The summed E-state index contributed by atoms with van der Waals surface area (Å²) in [5, 5.41) is 11.7. The van der Waals surface area contributed by atoms with Crippen LogP contribution in [0.5, 0.6) is 5.75 Å². The molecule has 0 spiro atoms. The van der Waals surface area contributed by atoms with E-state index in [0.717, 1.165) is 5.56 Å². The van der Waals surface area contributed by atoms with E-state index >= 15 is 0 Å². The van der Waals surface area contributed by atoms with Crippen molar-refractivity contribution in [2.75, 3.05) is 19.0 Å². The average molecular weight is 446 g/mol. The van der Waals surface area contributed by atoms with Crippen LogP contribution in [0.3, 0.4) is 0 Å². The number of nitrogens with one attached hydrogen (secondary N) is 1. The van der Waals surface area contributed by atoms with Crippen molar-refractivity contribution in [1.29, 1.82) is 0 Å². The number of benzene rings is 1. The summed E-state index contributed by atoms with van der Waals surface area (Å²) in [5.41, 5.74) is 0.792. The highest BCUT2D eigenvalue weighted by Gasteiger charge is 2.39. The molecule has 2 aromatic heterocycles. The molecule has 0 aliphatic carbocycles. The molecule has 1 fully saturated rings. The van der Waals surface area contributed by atoms with E-state index in [9.17, 15) is 13.2 Å². The van der Waals surface area contributed by atoms with Crippen molar-refractivity contribution in [2.24, 2.45) is 0 Å². The minimum absolute atomic E-state index is 0.123. The molecule has 1 aliphatic heterocycles. The number of rotatable bonds is 6. The van der Waals surface area contributed by atoms with Crippen molar-refractivity contribution in [3.63, 3.8) is 0 Å². The highest BCUT2D eigenvalue weighted by molar-refractivity contribution is 7.89. The predicted octanol–water partition coefficient (Wildman–Crippen LogP) is 2.40. The maximum absolute atomic E-state index is 13.1. The summed E-state index contributed by atoms with van der Waals surface area (Å²) in [5.74, 6) is 0.142. The number of aromatic nitrogens is 3. The molecule has 9 nitrogen and oxygen atoms in total. The Balaban J connectivity index is 1.50. The van der Waals surface area contributed by atoms with Gasteiger partial charge in [-0.15, -0.1) is 10.2 Å². The van der Waals surface area contributed by atoms with Crippen molar-refractivity contribution in [2.45, 2.75) is 23.8 Å². The SMILES string of the molecule is COc1ccc(S(=O)(=O)N2CCC[C@H]2C(=O)Nc2nnc(-c3cccnc3)s2)cc1. The van der Waals surface area contributed by atoms with Crippen LogP contribution < -0.4 is 10.1 Å². The van der Waals surface area contributed by atoms with Crippen LogP contribution in [0.15, 0.2) is 53.7 Å². The quantitative estimate of drug-likeness (QED) is 0.620. The fraction of sp³-hybridized carbons (Fsp3) is 0.263. The molecule has 30 heavy (non-hydrogen) atoms. The summed E-state index contributed by atoms with van der Waals surface area (Å²) < 4.78 is 32.4. The number of sulfonamides is 1. The van der Waals surface area contributed by atoms with Gasteiger partial charge < -0.3 is 4.74 Å². The van der Waals surface area contributed by atoms with Crippen LogP contribution in [0, 0.1) is 0 Å². The molecular weight excluding hydrogens is 426 g/mol. The first kappa shape index (κ1) is 20.4. The molecule has 1 aromatic carbocycles. The lowest BCUT2D eigenvalue weighted by Gasteiger charge is -2.23. The van der Waals surface area contributed by atoms with Gasteiger partial charge in [0, 0.05) is 24.5 Å². The van der Waals surface area contributed by atoms with Crippen LogP contribution in [0.1, 0.15) is 12.8 Å². The van der Waals surface area contributed by atoms with Gasteiger partial charge in [-0.2, -0.15) is 4.31 Å². The lowest BCUT2D eigenvalue weighted by atomic mass is 10.2. The van der Waals surface area contributed by atoms with Crippen molar-refractivity contribution in [3.8, 4) is 16.3 Å². The van der Waals surface area contributed by atoms with Crippen molar-refractivity contribution in [3.05, 3.63) is 48.8 Å². The number of amides is 1. The van der Waals surface area contributed by atoms with Crippen molar-refractivity contribution < 1.29 is 17.9 Å². The van der Waals surface area contributed by atoms with Gasteiger partial charge in [-0.05, 0) is 49.2 Å². The third-order valence-electron chi connectivity index (χ3n) is 4.74. The summed E-state index contributed by atoms with van der Waals surface area (Å²) in [6.07, 6.45) is 4.36. The summed E-state index contributed by atoms with van der Waals surface area (Å²) >= 11 is 1.21. The number of carbonyl (C=O) groups is 1. The van der Waals surface area contributed by atoms with E-state index in [2.05, 4.69) is 20.5 Å². The number of methoxy groups -OCH3 is 1. The number of anilines is 1. The zero-order chi connectivity index (χ0) is 21.1. The largest absolute Gasteiger partial charge is 0.497 e. The topological polar surface area (TPSA) is 114 Å². The van der Waals surface area contributed by atoms with E-state index in [4.69, 9.17) is 4.74 Å². The number of carbonyl (C=O) groups excluding carboxylic acids is 1. The summed E-state index contributed by atoms with van der Waals surface area (Å²) in [4.78, 5) is 17.0. The zero-order valence-electron chi connectivity index (χ0n) is 16.1. The van der Waals surface area contributed by atoms with Gasteiger partial charge in [0.15, 0.2) is 5.01 Å². The first-order valence-corrected chi connectivity index (χ1v) is 11.5. The second kappa shape index (κ2) is 8.46. The molecule has 0 radical (unpaired) electrons. The molecule has 0 saturated carbocycles. The third-order valence-corrected chi connectivity index (χ3v) is 7.55. The Morgan fingerprint density at radius 1 is 1.23 bits per heavy atom. The molecular formula is C19H19N5O4S2. The Morgan fingerprint density at radius 3 is 2.73 bits per heavy atom. The van der Waals surface area contributed by atoms with Crippen LogP contribution in [-0.2, 0) is 14.8 Å². The number of nitrogens with zero attached hydrogens (tertiary/aromatic N) is 4. The van der Waals surface area contributed by atoms with Gasteiger partial charge in [0.1, 0.15) is 11.8 Å². The predicted molar refractivity (Wildman–Crippen MR) is 112 cm³/mol. The first-order chi connectivity index (χ1) is 14.5. The standard InChI is InChI=1S/C19H19N5O4S2/c1-28-14-6-8-15(9-7-14)30(26,27)24-11-3-5-16(24)17(25)21-19-23-22-18(29-19)13-4-2-10-20-12-13/h2,4,6-10,12,16H,3,5,11H2,1H3,(H,21,23,25)/t16-/m0/s1. The highest BCUT2D eigenvalue weighted by Crippen LogP contribution is 2.29. The van der Waals surface area contributed by atoms with Gasteiger partial charge >= 0.3 is 0 Å². The second-order valence-electron chi connectivity index (χ2n) is 6.59. The van der Waals surface area contributed by atoms with E-state index in [-0.39, 0.29) is 11.4 Å². The summed E-state index contributed by atoms with van der Waals surface area (Å²) in [6.45, 7) is 0.281. The van der Waals surface area contributed by atoms with Gasteiger partial charge in [0.2, 0.25) is 21.1 Å². The number of hydrogen-bond donors (Lipinski definition) is 1.